The molecule has 0 bridgehead atoms. The van der Waals surface area contributed by atoms with Crippen LogP contribution < -0.4 is 5.32 Å². The Morgan fingerprint density at radius 2 is 2.09 bits per heavy atom. The number of anilines is 1. The summed E-state index contributed by atoms with van der Waals surface area (Å²) in [5.41, 5.74) is 3.28. The fourth-order valence-electron chi connectivity index (χ4n) is 2.52. The van der Waals surface area contributed by atoms with Crippen LogP contribution in [-0.2, 0) is 6.54 Å². The number of aromatic nitrogens is 1. The molecule has 0 amide bonds. The summed E-state index contributed by atoms with van der Waals surface area (Å²) in [6.07, 6.45) is 1.72. The van der Waals surface area contributed by atoms with Crippen LogP contribution in [0.3, 0.4) is 0 Å². The molecule has 112 valence electrons. The molecule has 2 N–H and O–H groups in total. The number of nitrogens with one attached hydrogen (secondary N) is 1. The highest BCUT2D eigenvalue weighted by Crippen LogP contribution is 2.21. The monoisotopic (exact) mass is 298 g/mol. The normalized spacial score (nSPS) is 10.8. The molecule has 0 saturated heterocycles. The summed E-state index contributed by atoms with van der Waals surface area (Å²) < 4.78 is 14.7. The van der Waals surface area contributed by atoms with Gasteiger partial charge < -0.3 is 14.8 Å². The number of nitrogens with zero attached hydrogens (tertiary/aromatic N) is 1. The maximum atomic E-state index is 13.1. The smallest absolute Gasteiger partial charge is 0.355 e. The van der Waals surface area contributed by atoms with Crippen molar-refractivity contribution in [1.82, 2.24) is 4.40 Å². The van der Waals surface area contributed by atoms with Gasteiger partial charge in [-0.1, -0.05) is 6.07 Å². The second-order valence-electron chi connectivity index (χ2n) is 5.13. The van der Waals surface area contributed by atoms with E-state index in [4.69, 9.17) is 0 Å². The molecular weight excluding hydrogens is 283 g/mol. The molecule has 0 saturated carbocycles. The maximum absolute atomic E-state index is 13.1. The Balaban J connectivity index is 1.93. The highest BCUT2D eigenvalue weighted by molar-refractivity contribution is 5.93. The Kier molecular flexibility index (Phi) is 3.55. The third-order valence-corrected chi connectivity index (χ3v) is 3.67. The first-order valence-electron chi connectivity index (χ1n) is 6.88. The maximum Gasteiger partial charge on any atom is 0.355 e. The minimum absolute atomic E-state index is 0.183. The minimum Gasteiger partial charge on any atom is -0.476 e. The molecular formula is C17H15FN2O2. The zero-order chi connectivity index (χ0) is 15.7. The van der Waals surface area contributed by atoms with Crippen molar-refractivity contribution in [2.24, 2.45) is 0 Å². The molecule has 22 heavy (non-hydrogen) atoms. The van der Waals surface area contributed by atoms with Crippen LogP contribution in [0.25, 0.3) is 5.52 Å². The van der Waals surface area contributed by atoms with Crippen LogP contribution in [0.2, 0.25) is 0 Å². The molecule has 0 spiro atoms. The van der Waals surface area contributed by atoms with Crippen LogP contribution in [-0.4, -0.2) is 15.5 Å². The van der Waals surface area contributed by atoms with E-state index >= 15 is 0 Å². The lowest BCUT2D eigenvalue weighted by Crippen LogP contribution is -2.11. The fourth-order valence-corrected chi connectivity index (χ4v) is 2.52. The lowest BCUT2D eigenvalue weighted by Gasteiger charge is -2.13. The Hall–Kier alpha value is -2.82. The predicted molar refractivity (Wildman–Crippen MR) is 82.8 cm³/mol. The molecule has 0 radical (unpaired) electrons. The largest absolute Gasteiger partial charge is 0.476 e. The summed E-state index contributed by atoms with van der Waals surface area (Å²) in [4.78, 5) is 11.5. The molecule has 0 aliphatic rings. The predicted octanol–water partition coefficient (Wildman–Crippen LogP) is 3.70. The second-order valence-corrected chi connectivity index (χ2v) is 5.13. The fraction of sp³-hybridized carbons (Fsp3) is 0.118. The third-order valence-electron chi connectivity index (χ3n) is 3.67. The zero-order valence-electron chi connectivity index (χ0n) is 12.0. The van der Waals surface area contributed by atoms with E-state index in [1.165, 1.54) is 12.1 Å². The van der Waals surface area contributed by atoms with Gasteiger partial charge in [0.25, 0.3) is 0 Å². The highest BCUT2D eigenvalue weighted by atomic mass is 19.1. The number of halogens is 1. The first-order valence-corrected chi connectivity index (χ1v) is 6.88. The molecule has 5 heteroatoms. The van der Waals surface area contributed by atoms with E-state index in [9.17, 15) is 14.3 Å². The number of aromatic carboxylic acids is 1. The zero-order valence-corrected chi connectivity index (χ0v) is 12.0. The van der Waals surface area contributed by atoms with Crippen molar-refractivity contribution in [2.45, 2.75) is 13.5 Å². The van der Waals surface area contributed by atoms with Gasteiger partial charge in [-0.05, 0) is 54.4 Å². The molecule has 4 nitrogen and oxygen atoms in total. The number of carboxylic acids is 1. The van der Waals surface area contributed by atoms with E-state index < -0.39 is 5.97 Å². The van der Waals surface area contributed by atoms with Crippen molar-refractivity contribution in [3.63, 3.8) is 0 Å². The van der Waals surface area contributed by atoms with Crippen molar-refractivity contribution < 1.29 is 14.3 Å². The standard InChI is InChI=1S/C17H15FN2O2/c1-11-9-13(18)5-4-12(11)10-19-15-7-6-14-3-2-8-20(14)16(15)17(21)22/h2-9,19H,10H2,1H3,(H,21,22). The third kappa shape index (κ3) is 2.53. The SMILES string of the molecule is Cc1cc(F)ccc1CNc1ccc2cccn2c1C(=O)O. The molecule has 2 aromatic heterocycles. The molecule has 0 unspecified atom stereocenters. The van der Waals surface area contributed by atoms with E-state index in [0.717, 1.165) is 16.6 Å². The average molecular weight is 298 g/mol. The summed E-state index contributed by atoms with van der Waals surface area (Å²) in [7, 11) is 0. The molecule has 0 atom stereocenters. The van der Waals surface area contributed by atoms with Gasteiger partial charge >= 0.3 is 5.97 Å². The topological polar surface area (TPSA) is 53.7 Å². The van der Waals surface area contributed by atoms with E-state index in [1.54, 1.807) is 28.8 Å². The van der Waals surface area contributed by atoms with Crippen LogP contribution >= 0.6 is 0 Å². The Morgan fingerprint density at radius 3 is 2.82 bits per heavy atom. The number of carbonyl (C=O) groups is 1. The van der Waals surface area contributed by atoms with Gasteiger partial charge in [-0.2, -0.15) is 0 Å². The van der Waals surface area contributed by atoms with Gasteiger partial charge in [0, 0.05) is 18.3 Å². The molecule has 0 fully saturated rings. The number of aryl methyl sites for hydroxylation is 1. The van der Waals surface area contributed by atoms with Gasteiger partial charge in [-0.15, -0.1) is 0 Å². The average Bonchev–Trinajstić information content (AvgIpc) is 2.93. The summed E-state index contributed by atoms with van der Waals surface area (Å²) in [5.74, 6) is -1.28. The number of fused-ring (bicyclic) bond motifs is 1. The van der Waals surface area contributed by atoms with Gasteiger partial charge in [0.15, 0.2) is 5.69 Å². The molecule has 2 heterocycles. The quantitative estimate of drug-likeness (QED) is 0.772. The molecule has 1 aromatic carbocycles. The van der Waals surface area contributed by atoms with E-state index in [0.29, 0.717) is 12.2 Å². The van der Waals surface area contributed by atoms with Crippen molar-refractivity contribution >= 4 is 17.2 Å². The van der Waals surface area contributed by atoms with Crippen molar-refractivity contribution in [3.8, 4) is 0 Å². The Morgan fingerprint density at radius 1 is 1.27 bits per heavy atom. The molecule has 0 aliphatic carbocycles. The number of hydrogen-bond acceptors (Lipinski definition) is 2. The minimum atomic E-state index is -1.000. The lowest BCUT2D eigenvalue weighted by molar-refractivity contribution is 0.0690. The van der Waals surface area contributed by atoms with Crippen LogP contribution in [0.1, 0.15) is 21.6 Å². The van der Waals surface area contributed by atoms with Crippen molar-refractivity contribution in [1.29, 1.82) is 0 Å². The number of benzene rings is 1. The molecule has 3 aromatic rings. The van der Waals surface area contributed by atoms with Crippen LogP contribution in [0.15, 0.2) is 48.7 Å². The lowest BCUT2D eigenvalue weighted by atomic mass is 10.1. The summed E-state index contributed by atoms with van der Waals surface area (Å²) in [5, 5.41) is 12.6. The van der Waals surface area contributed by atoms with Crippen molar-refractivity contribution in [2.75, 3.05) is 5.32 Å². The van der Waals surface area contributed by atoms with E-state index in [1.807, 2.05) is 19.1 Å². The Labute approximate surface area is 126 Å². The summed E-state index contributed by atoms with van der Waals surface area (Å²) in [6.45, 7) is 2.26. The first-order chi connectivity index (χ1) is 10.6. The summed E-state index contributed by atoms with van der Waals surface area (Å²) >= 11 is 0. The number of rotatable bonds is 4. The van der Waals surface area contributed by atoms with Gasteiger partial charge in [0.05, 0.1) is 5.69 Å². The van der Waals surface area contributed by atoms with Crippen molar-refractivity contribution in [3.05, 3.63) is 71.3 Å². The van der Waals surface area contributed by atoms with Crippen LogP contribution in [0.5, 0.6) is 0 Å². The van der Waals surface area contributed by atoms with Gasteiger partial charge in [0.1, 0.15) is 5.82 Å². The number of pyridine rings is 1. The van der Waals surface area contributed by atoms with Crippen LogP contribution in [0.4, 0.5) is 10.1 Å². The second kappa shape index (κ2) is 5.52. The molecule has 3 rings (SSSR count). The molecule has 0 aliphatic heterocycles. The first kappa shape index (κ1) is 14.1. The van der Waals surface area contributed by atoms with Gasteiger partial charge in [0.2, 0.25) is 0 Å². The number of hydrogen-bond donors (Lipinski definition) is 2. The van der Waals surface area contributed by atoms with Gasteiger partial charge in [-0.3, -0.25) is 0 Å². The van der Waals surface area contributed by atoms with Crippen LogP contribution in [0, 0.1) is 12.7 Å². The summed E-state index contributed by atoms with van der Waals surface area (Å²) in [6, 6.07) is 11.8. The van der Waals surface area contributed by atoms with E-state index in [2.05, 4.69) is 5.32 Å². The Bertz CT molecular complexity index is 855. The van der Waals surface area contributed by atoms with Gasteiger partial charge in [-0.25, -0.2) is 9.18 Å². The van der Waals surface area contributed by atoms with E-state index in [-0.39, 0.29) is 11.5 Å². The highest BCUT2D eigenvalue weighted by Gasteiger charge is 2.14. The number of carboxylic acid groups (broad SMARTS) is 1.